The molecule has 1 atom stereocenters. The van der Waals surface area contributed by atoms with Crippen molar-refractivity contribution in [3.05, 3.63) is 64.7 Å². The van der Waals surface area contributed by atoms with Gasteiger partial charge in [-0.25, -0.2) is 0 Å². The lowest BCUT2D eigenvalue weighted by Crippen LogP contribution is -2.50. The second-order valence-electron chi connectivity index (χ2n) is 6.72. The summed E-state index contributed by atoms with van der Waals surface area (Å²) >= 11 is 0. The number of aryl methyl sites for hydroxylation is 2. The van der Waals surface area contributed by atoms with Gasteiger partial charge in [0.1, 0.15) is 0 Å². The van der Waals surface area contributed by atoms with Gasteiger partial charge in [-0.3, -0.25) is 14.5 Å². The molecule has 0 fully saturated rings. The average molecular weight is 337 g/mol. The van der Waals surface area contributed by atoms with E-state index in [-0.39, 0.29) is 12.5 Å². The Labute approximate surface area is 147 Å². The largest absolute Gasteiger partial charge is 0.368 e. The molecule has 0 aliphatic carbocycles. The number of nitrogens with zero attached hydrogens (tertiary/aromatic N) is 1. The molecule has 3 N–H and O–H groups in total. The molecular formula is C20H23N3O2. The van der Waals surface area contributed by atoms with E-state index in [1.165, 1.54) is 0 Å². The van der Waals surface area contributed by atoms with Crippen molar-refractivity contribution in [2.75, 3.05) is 11.9 Å². The van der Waals surface area contributed by atoms with Crippen LogP contribution in [0.5, 0.6) is 0 Å². The van der Waals surface area contributed by atoms with E-state index in [0.717, 1.165) is 27.9 Å². The summed E-state index contributed by atoms with van der Waals surface area (Å²) in [6.07, 6.45) is 0.544. The molecule has 130 valence electrons. The number of nitrogens with two attached hydrogens (primary N) is 1. The Morgan fingerprint density at radius 3 is 2.40 bits per heavy atom. The fraction of sp³-hybridized carbons (Fsp3) is 0.300. The number of primary amides is 1. The molecule has 0 radical (unpaired) electrons. The Balaban J connectivity index is 1.73. The minimum absolute atomic E-state index is 0.134. The van der Waals surface area contributed by atoms with E-state index in [9.17, 15) is 9.59 Å². The maximum absolute atomic E-state index is 12.5. The van der Waals surface area contributed by atoms with Gasteiger partial charge in [0.2, 0.25) is 11.8 Å². The average Bonchev–Trinajstić information content (AvgIpc) is 2.52. The highest BCUT2D eigenvalue weighted by Gasteiger charge is 2.31. The van der Waals surface area contributed by atoms with E-state index in [1.54, 1.807) is 0 Å². The molecule has 1 aliphatic rings. The second-order valence-corrected chi connectivity index (χ2v) is 6.72. The molecule has 2 aromatic carbocycles. The summed E-state index contributed by atoms with van der Waals surface area (Å²) < 4.78 is 0. The third-order valence-corrected chi connectivity index (χ3v) is 4.53. The Morgan fingerprint density at radius 1 is 1.12 bits per heavy atom. The molecule has 1 aliphatic heterocycles. The van der Waals surface area contributed by atoms with Crippen LogP contribution in [0.25, 0.3) is 0 Å². The van der Waals surface area contributed by atoms with Crippen LogP contribution in [-0.4, -0.2) is 29.3 Å². The van der Waals surface area contributed by atoms with Crippen LogP contribution in [-0.2, 0) is 22.6 Å². The first-order valence-corrected chi connectivity index (χ1v) is 8.40. The first-order chi connectivity index (χ1) is 11.9. The second kappa shape index (κ2) is 7.07. The third-order valence-electron chi connectivity index (χ3n) is 4.53. The monoisotopic (exact) mass is 337 g/mol. The number of hydrogen-bond acceptors (Lipinski definition) is 3. The molecule has 0 saturated heterocycles. The van der Waals surface area contributed by atoms with Crippen LogP contribution in [0.2, 0.25) is 0 Å². The molecule has 0 spiro atoms. The fourth-order valence-corrected chi connectivity index (χ4v) is 3.46. The number of benzene rings is 2. The zero-order valence-electron chi connectivity index (χ0n) is 14.6. The van der Waals surface area contributed by atoms with Crippen molar-refractivity contribution in [3.8, 4) is 0 Å². The number of anilines is 1. The topological polar surface area (TPSA) is 75.4 Å². The van der Waals surface area contributed by atoms with Crippen molar-refractivity contribution in [2.24, 2.45) is 5.73 Å². The van der Waals surface area contributed by atoms with Crippen molar-refractivity contribution in [2.45, 2.75) is 32.9 Å². The van der Waals surface area contributed by atoms with Crippen LogP contribution in [0, 0.1) is 13.8 Å². The summed E-state index contributed by atoms with van der Waals surface area (Å²) in [4.78, 5) is 26.2. The van der Waals surface area contributed by atoms with Gasteiger partial charge in [-0.2, -0.15) is 0 Å². The van der Waals surface area contributed by atoms with Gasteiger partial charge in [0.05, 0.1) is 12.6 Å². The van der Waals surface area contributed by atoms with E-state index in [1.807, 2.05) is 55.1 Å². The molecule has 0 aromatic heterocycles. The fourth-order valence-electron chi connectivity index (χ4n) is 3.46. The highest BCUT2D eigenvalue weighted by molar-refractivity contribution is 5.93. The lowest BCUT2D eigenvalue weighted by Gasteiger charge is -2.34. The Hall–Kier alpha value is -2.66. The molecule has 2 amide bonds. The summed E-state index contributed by atoms with van der Waals surface area (Å²) in [6, 6.07) is 13.4. The predicted molar refractivity (Wildman–Crippen MR) is 98.1 cm³/mol. The number of hydrogen-bond donors (Lipinski definition) is 2. The van der Waals surface area contributed by atoms with Crippen LogP contribution >= 0.6 is 0 Å². The number of carbonyl (C=O) groups is 2. The lowest BCUT2D eigenvalue weighted by molar-refractivity contribution is -0.125. The maximum Gasteiger partial charge on any atom is 0.238 e. The first-order valence-electron chi connectivity index (χ1n) is 8.40. The van der Waals surface area contributed by atoms with Gasteiger partial charge in [0, 0.05) is 12.2 Å². The van der Waals surface area contributed by atoms with Gasteiger partial charge in [-0.1, -0.05) is 30.3 Å². The summed E-state index contributed by atoms with van der Waals surface area (Å²) in [7, 11) is 0. The van der Waals surface area contributed by atoms with Crippen LogP contribution < -0.4 is 11.1 Å². The van der Waals surface area contributed by atoms with Crippen molar-refractivity contribution >= 4 is 17.5 Å². The van der Waals surface area contributed by atoms with Crippen LogP contribution in [0.4, 0.5) is 5.69 Å². The molecule has 1 heterocycles. The quantitative estimate of drug-likeness (QED) is 0.898. The summed E-state index contributed by atoms with van der Waals surface area (Å²) in [6.45, 7) is 4.67. The molecule has 0 saturated carbocycles. The SMILES string of the molecule is Cc1cc(C)cc(NC(=O)CN2Cc3ccccc3C[C@H]2C(N)=O)c1. The third kappa shape index (κ3) is 4.06. The highest BCUT2D eigenvalue weighted by atomic mass is 16.2. The highest BCUT2D eigenvalue weighted by Crippen LogP contribution is 2.23. The van der Waals surface area contributed by atoms with E-state index in [2.05, 4.69) is 11.4 Å². The number of carbonyl (C=O) groups excluding carboxylic acids is 2. The first kappa shape index (κ1) is 17.2. The standard InChI is InChI=1S/C20H23N3O2/c1-13-7-14(2)9-17(8-13)22-19(24)12-23-11-16-6-4-3-5-15(16)10-18(23)20(21)25/h3-9,18H,10-12H2,1-2H3,(H2,21,25)(H,22,24)/t18-/m0/s1. The van der Waals surface area contributed by atoms with Gasteiger partial charge in [-0.05, 0) is 54.7 Å². The van der Waals surface area contributed by atoms with E-state index in [4.69, 9.17) is 5.73 Å². The normalized spacial score (nSPS) is 17.0. The molecule has 5 heteroatoms. The molecule has 25 heavy (non-hydrogen) atoms. The zero-order chi connectivity index (χ0) is 18.0. The molecule has 2 aromatic rings. The van der Waals surface area contributed by atoms with E-state index in [0.29, 0.717) is 13.0 Å². The number of nitrogens with one attached hydrogen (secondary N) is 1. The summed E-state index contributed by atoms with van der Waals surface area (Å²) in [5.74, 6) is -0.538. The number of rotatable bonds is 4. The Kier molecular flexibility index (Phi) is 4.86. The van der Waals surface area contributed by atoms with Gasteiger partial charge >= 0.3 is 0 Å². The van der Waals surface area contributed by atoms with Gasteiger partial charge < -0.3 is 11.1 Å². The zero-order valence-corrected chi connectivity index (χ0v) is 14.6. The van der Waals surface area contributed by atoms with Gasteiger partial charge in [0.25, 0.3) is 0 Å². The van der Waals surface area contributed by atoms with Crippen molar-refractivity contribution < 1.29 is 9.59 Å². The van der Waals surface area contributed by atoms with E-state index >= 15 is 0 Å². The van der Waals surface area contributed by atoms with Crippen LogP contribution in [0.15, 0.2) is 42.5 Å². The molecule has 0 unspecified atom stereocenters. The van der Waals surface area contributed by atoms with E-state index < -0.39 is 11.9 Å². The Morgan fingerprint density at radius 2 is 1.76 bits per heavy atom. The van der Waals surface area contributed by atoms with Crippen LogP contribution in [0.1, 0.15) is 22.3 Å². The van der Waals surface area contributed by atoms with Crippen molar-refractivity contribution in [1.29, 1.82) is 0 Å². The summed E-state index contributed by atoms with van der Waals surface area (Å²) in [5, 5.41) is 2.92. The molecular weight excluding hydrogens is 314 g/mol. The molecule has 0 bridgehead atoms. The number of fused-ring (bicyclic) bond motifs is 1. The minimum Gasteiger partial charge on any atom is -0.368 e. The summed E-state index contributed by atoms with van der Waals surface area (Å²) in [5.41, 5.74) is 10.8. The van der Waals surface area contributed by atoms with Gasteiger partial charge in [-0.15, -0.1) is 0 Å². The lowest BCUT2D eigenvalue weighted by atomic mass is 9.93. The molecule has 5 nitrogen and oxygen atoms in total. The van der Waals surface area contributed by atoms with Crippen LogP contribution in [0.3, 0.4) is 0 Å². The Bertz CT molecular complexity index is 796. The predicted octanol–water partition coefficient (Wildman–Crippen LogP) is 2.15. The molecule has 3 rings (SSSR count). The van der Waals surface area contributed by atoms with Crippen molar-refractivity contribution in [3.63, 3.8) is 0 Å². The van der Waals surface area contributed by atoms with Gasteiger partial charge in [0.15, 0.2) is 0 Å². The van der Waals surface area contributed by atoms with Crippen molar-refractivity contribution in [1.82, 2.24) is 4.90 Å². The smallest absolute Gasteiger partial charge is 0.238 e. The maximum atomic E-state index is 12.5. The minimum atomic E-state index is -0.458. The number of amides is 2.